The number of rotatable bonds is 12. The van der Waals surface area contributed by atoms with Crippen LogP contribution in [0.15, 0.2) is 60.9 Å². The van der Waals surface area contributed by atoms with Crippen molar-refractivity contribution in [2.75, 3.05) is 13.7 Å². The highest BCUT2D eigenvalue weighted by Crippen LogP contribution is 1.95. The Morgan fingerprint density at radius 3 is 1.73 bits per heavy atom. The third-order valence-electron chi connectivity index (χ3n) is 2.70. The Balaban J connectivity index is 3.50. The van der Waals surface area contributed by atoms with Crippen LogP contribution in [0.2, 0.25) is 0 Å². The number of hydrogen-bond donors (Lipinski definition) is 1. The normalized spacial score (nSPS) is 12.5. The molecular formula is C19H29NO2. The van der Waals surface area contributed by atoms with Crippen LogP contribution in [0.5, 0.6) is 0 Å². The first-order chi connectivity index (χ1) is 10.8. The molecule has 0 bridgehead atoms. The van der Waals surface area contributed by atoms with E-state index in [1.807, 2.05) is 6.08 Å². The predicted octanol–water partition coefficient (Wildman–Crippen LogP) is 4.46. The highest BCUT2D eigenvalue weighted by Gasteiger charge is 1.93. The Hall–Kier alpha value is -2.03. The predicted molar refractivity (Wildman–Crippen MR) is 94.5 cm³/mol. The monoisotopic (exact) mass is 303 g/mol. The van der Waals surface area contributed by atoms with Crippen molar-refractivity contribution in [1.29, 1.82) is 0 Å². The van der Waals surface area contributed by atoms with Crippen LogP contribution in [0.3, 0.4) is 0 Å². The molecule has 0 aliphatic rings. The maximum Gasteiger partial charge on any atom is 0.325 e. The summed E-state index contributed by atoms with van der Waals surface area (Å²) in [7, 11) is 1.38. The summed E-state index contributed by atoms with van der Waals surface area (Å²) in [4.78, 5) is 10.8. The van der Waals surface area contributed by atoms with Gasteiger partial charge in [0, 0.05) is 0 Å². The molecule has 0 amide bonds. The van der Waals surface area contributed by atoms with Crippen molar-refractivity contribution in [3.8, 4) is 0 Å². The van der Waals surface area contributed by atoms with E-state index in [1.165, 1.54) is 7.11 Å². The number of methoxy groups -OCH3 is 1. The fourth-order valence-corrected chi connectivity index (χ4v) is 1.52. The average Bonchev–Trinajstić information content (AvgIpc) is 2.54. The molecule has 0 aromatic rings. The average molecular weight is 303 g/mol. The molecule has 0 fully saturated rings. The molecule has 3 nitrogen and oxygen atoms in total. The molecule has 0 radical (unpaired) electrons. The zero-order chi connectivity index (χ0) is 16.3. The summed E-state index contributed by atoms with van der Waals surface area (Å²) in [5.41, 5.74) is 0. The number of hydrogen-bond acceptors (Lipinski definition) is 3. The zero-order valence-electron chi connectivity index (χ0n) is 13.8. The van der Waals surface area contributed by atoms with Crippen LogP contribution >= 0.6 is 0 Å². The number of carbonyl (C=O) groups is 1. The molecule has 0 rings (SSSR count). The van der Waals surface area contributed by atoms with E-state index >= 15 is 0 Å². The van der Waals surface area contributed by atoms with Gasteiger partial charge in [-0.3, -0.25) is 4.79 Å². The minimum absolute atomic E-state index is 0.210. The van der Waals surface area contributed by atoms with Crippen LogP contribution in [0.4, 0.5) is 0 Å². The van der Waals surface area contributed by atoms with Gasteiger partial charge in [-0.05, 0) is 38.3 Å². The second-order valence-electron chi connectivity index (χ2n) is 4.60. The second kappa shape index (κ2) is 17.0. The lowest BCUT2D eigenvalue weighted by molar-refractivity contribution is -0.139. The van der Waals surface area contributed by atoms with Crippen molar-refractivity contribution in [3.63, 3.8) is 0 Å². The van der Waals surface area contributed by atoms with Crippen LogP contribution in [0.25, 0.3) is 0 Å². The summed E-state index contributed by atoms with van der Waals surface area (Å²) >= 11 is 0. The fourth-order valence-electron chi connectivity index (χ4n) is 1.52. The van der Waals surface area contributed by atoms with Gasteiger partial charge in [0.1, 0.15) is 6.54 Å². The second-order valence-corrected chi connectivity index (χ2v) is 4.60. The first kappa shape index (κ1) is 20.0. The van der Waals surface area contributed by atoms with Crippen molar-refractivity contribution in [2.24, 2.45) is 0 Å². The van der Waals surface area contributed by atoms with Gasteiger partial charge in [-0.2, -0.15) is 0 Å². The number of allylic oxidation sites excluding steroid dienone is 9. The summed E-state index contributed by atoms with van der Waals surface area (Å²) in [5.74, 6) is -0.263. The lowest BCUT2D eigenvalue weighted by Gasteiger charge is -1.96. The van der Waals surface area contributed by atoms with Crippen molar-refractivity contribution >= 4 is 5.97 Å². The number of carbonyl (C=O) groups excluding carboxylic acids is 1. The summed E-state index contributed by atoms with van der Waals surface area (Å²) in [6, 6.07) is 0. The summed E-state index contributed by atoms with van der Waals surface area (Å²) in [6.45, 7) is 2.35. The lowest BCUT2D eigenvalue weighted by Crippen LogP contribution is -2.18. The summed E-state index contributed by atoms with van der Waals surface area (Å²) in [5, 5.41) is 2.86. The van der Waals surface area contributed by atoms with E-state index in [1.54, 1.807) is 6.20 Å². The highest BCUT2D eigenvalue weighted by molar-refractivity contribution is 5.71. The van der Waals surface area contributed by atoms with Gasteiger partial charge in [0.15, 0.2) is 0 Å². The molecule has 0 unspecified atom stereocenters. The molecule has 0 aromatic carbocycles. The van der Waals surface area contributed by atoms with Crippen LogP contribution in [0.1, 0.15) is 39.0 Å². The Labute approximate surface area is 135 Å². The smallest absolute Gasteiger partial charge is 0.325 e. The fraction of sp³-hybridized carbons (Fsp3) is 0.421. The summed E-state index contributed by atoms with van der Waals surface area (Å²) < 4.78 is 4.51. The van der Waals surface area contributed by atoms with Crippen LogP contribution in [0, 0.1) is 0 Å². The van der Waals surface area contributed by atoms with Crippen molar-refractivity contribution in [1.82, 2.24) is 5.32 Å². The Morgan fingerprint density at radius 2 is 1.27 bits per heavy atom. The Kier molecular flexibility index (Phi) is 15.5. The van der Waals surface area contributed by atoms with Gasteiger partial charge in [0.05, 0.1) is 7.11 Å². The molecule has 0 heterocycles. The van der Waals surface area contributed by atoms with Crippen LogP contribution in [-0.2, 0) is 9.53 Å². The Morgan fingerprint density at radius 1 is 0.818 bits per heavy atom. The van der Waals surface area contributed by atoms with Gasteiger partial charge in [0.25, 0.3) is 0 Å². The highest BCUT2D eigenvalue weighted by atomic mass is 16.5. The first-order valence-electron chi connectivity index (χ1n) is 7.86. The lowest BCUT2D eigenvalue weighted by atomic mass is 10.2. The van der Waals surface area contributed by atoms with Gasteiger partial charge < -0.3 is 10.1 Å². The molecule has 122 valence electrons. The Bertz CT molecular complexity index is 404. The van der Waals surface area contributed by atoms with Crippen molar-refractivity contribution in [3.05, 3.63) is 60.9 Å². The molecular weight excluding hydrogens is 274 g/mol. The third kappa shape index (κ3) is 16.0. The van der Waals surface area contributed by atoms with E-state index in [2.05, 4.69) is 65.6 Å². The SMILES string of the molecule is CC/C=C\C/C=C\C/C=C\C/C=C\C/C=C\NCC(=O)OC. The topological polar surface area (TPSA) is 38.3 Å². The maximum atomic E-state index is 10.8. The quantitative estimate of drug-likeness (QED) is 0.427. The van der Waals surface area contributed by atoms with E-state index in [4.69, 9.17) is 0 Å². The summed E-state index contributed by atoms with van der Waals surface area (Å²) in [6.07, 6.45) is 26.0. The molecule has 22 heavy (non-hydrogen) atoms. The van der Waals surface area contributed by atoms with Crippen LogP contribution in [-0.4, -0.2) is 19.6 Å². The van der Waals surface area contributed by atoms with Crippen LogP contribution < -0.4 is 5.32 Å². The molecule has 3 heteroatoms. The van der Waals surface area contributed by atoms with E-state index in [-0.39, 0.29) is 12.5 Å². The van der Waals surface area contributed by atoms with E-state index in [0.717, 1.165) is 32.1 Å². The first-order valence-corrected chi connectivity index (χ1v) is 7.86. The standard InChI is InChI=1S/C19H29NO2/c1-3-4-5-6-7-8-9-10-11-12-13-14-15-16-17-20-18-19(21)22-2/h4-5,7-8,10-11,13-14,16-17,20H,3,6,9,12,15,18H2,1-2H3/b5-4-,8-7-,11-10-,14-13-,17-16-. The molecule has 0 aromatic heterocycles. The molecule has 0 aliphatic carbocycles. The molecule has 0 spiro atoms. The van der Waals surface area contributed by atoms with Gasteiger partial charge in [-0.1, -0.05) is 61.6 Å². The molecule has 0 saturated heterocycles. The van der Waals surface area contributed by atoms with Crippen molar-refractivity contribution < 1.29 is 9.53 Å². The van der Waals surface area contributed by atoms with Gasteiger partial charge in [-0.15, -0.1) is 0 Å². The molecule has 0 saturated carbocycles. The third-order valence-corrected chi connectivity index (χ3v) is 2.70. The van der Waals surface area contributed by atoms with E-state index in [0.29, 0.717) is 0 Å². The van der Waals surface area contributed by atoms with Gasteiger partial charge in [-0.25, -0.2) is 0 Å². The largest absolute Gasteiger partial charge is 0.468 e. The number of nitrogens with one attached hydrogen (secondary N) is 1. The van der Waals surface area contributed by atoms with E-state index < -0.39 is 0 Å². The van der Waals surface area contributed by atoms with Gasteiger partial charge in [0.2, 0.25) is 0 Å². The minimum Gasteiger partial charge on any atom is -0.468 e. The van der Waals surface area contributed by atoms with E-state index in [9.17, 15) is 4.79 Å². The molecule has 1 N–H and O–H groups in total. The van der Waals surface area contributed by atoms with Gasteiger partial charge >= 0.3 is 5.97 Å². The number of esters is 1. The zero-order valence-corrected chi connectivity index (χ0v) is 13.8. The molecule has 0 atom stereocenters. The minimum atomic E-state index is -0.263. The van der Waals surface area contributed by atoms with Crippen molar-refractivity contribution in [2.45, 2.75) is 39.0 Å². The number of ether oxygens (including phenoxy) is 1. The maximum absolute atomic E-state index is 10.8. The molecule has 0 aliphatic heterocycles.